The number of carbonyl (C=O) groups excluding carboxylic acids is 1. The second-order valence-corrected chi connectivity index (χ2v) is 4.88. The first-order valence-electron chi connectivity index (χ1n) is 7.14. The van der Waals surface area contributed by atoms with Crippen LogP contribution >= 0.6 is 0 Å². The van der Waals surface area contributed by atoms with Crippen molar-refractivity contribution in [2.75, 3.05) is 0 Å². The summed E-state index contributed by atoms with van der Waals surface area (Å²) in [6.45, 7) is 3.20. The summed E-state index contributed by atoms with van der Waals surface area (Å²) in [5, 5.41) is 6.81. The molecular formula is C14H19F2N5O. The van der Waals surface area contributed by atoms with E-state index < -0.39 is 12.5 Å². The number of hydrogen-bond donors (Lipinski definition) is 1. The topological polar surface area (TPSA) is 64.7 Å². The number of nitrogens with one attached hydrogen (secondary N) is 1. The lowest BCUT2D eigenvalue weighted by atomic mass is 10.2. The average molecular weight is 311 g/mol. The molecule has 0 saturated carbocycles. The van der Waals surface area contributed by atoms with Crippen LogP contribution in [0.25, 0.3) is 0 Å². The minimum Gasteiger partial charge on any atom is -0.341 e. The van der Waals surface area contributed by atoms with Gasteiger partial charge in [0.1, 0.15) is 17.8 Å². The molecule has 0 fully saturated rings. The van der Waals surface area contributed by atoms with E-state index in [1.165, 1.54) is 25.4 Å². The Hall–Kier alpha value is -2.25. The quantitative estimate of drug-likeness (QED) is 0.892. The number of nitrogens with zero attached hydrogens (tertiary/aromatic N) is 4. The van der Waals surface area contributed by atoms with Crippen LogP contribution in [0.2, 0.25) is 0 Å². The van der Waals surface area contributed by atoms with E-state index >= 15 is 0 Å². The Morgan fingerprint density at radius 3 is 2.68 bits per heavy atom. The van der Waals surface area contributed by atoms with Gasteiger partial charge in [0.2, 0.25) is 0 Å². The van der Waals surface area contributed by atoms with Crippen LogP contribution in [-0.2, 0) is 6.54 Å². The summed E-state index contributed by atoms with van der Waals surface area (Å²) < 4.78 is 28.5. The third-order valence-electron chi connectivity index (χ3n) is 3.52. The van der Waals surface area contributed by atoms with Gasteiger partial charge in [-0.3, -0.25) is 9.36 Å². The van der Waals surface area contributed by atoms with Gasteiger partial charge in [0.25, 0.3) is 5.91 Å². The van der Waals surface area contributed by atoms with Crippen molar-refractivity contribution in [1.82, 2.24) is 24.6 Å². The predicted octanol–water partition coefficient (Wildman–Crippen LogP) is 2.68. The molecule has 1 amide bonds. The van der Waals surface area contributed by atoms with Crippen LogP contribution in [0.15, 0.2) is 18.5 Å². The van der Waals surface area contributed by atoms with Crippen molar-refractivity contribution < 1.29 is 13.6 Å². The van der Waals surface area contributed by atoms with Gasteiger partial charge in [0.15, 0.2) is 0 Å². The number of rotatable bonds is 6. The number of hydrogen-bond acceptors (Lipinski definition) is 3. The number of aryl methyl sites for hydroxylation is 2. The van der Waals surface area contributed by atoms with Crippen molar-refractivity contribution in [3.05, 3.63) is 35.7 Å². The summed E-state index contributed by atoms with van der Waals surface area (Å²) in [5.74, 6) is 0.0659. The second kappa shape index (κ2) is 6.67. The summed E-state index contributed by atoms with van der Waals surface area (Å²) in [5.41, 5.74) is 0.276. The van der Waals surface area contributed by atoms with Gasteiger partial charge >= 0.3 is 6.55 Å². The van der Waals surface area contributed by atoms with E-state index in [2.05, 4.69) is 15.4 Å². The van der Waals surface area contributed by atoms with Crippen LogP contribution in [0.5, 0.6) is 0 Å². The molecule has 0 bridgehead atoms. The maximum Gasteiger partial charge on any atom is 0.319 e. The van der Waals surface area contributed by atoms with E-state index in [0.29, 0.717) is 29.1 Å². The smallest absolute Gasteiger partial charge is 0.319 e. The summed E-state index contributed by atoms with van der Waals surface area (Å²) in [6.07, 6.45) is 2.00. The monoisotopic (exact) mass is 311 g/mol. The van der Waals surface area contributed by atoms with Gasteiger partial charge in [0.05, 0.1) is 6.04 Å². The Bertz CT molecular complexity index is 649. The van der Waals surface area contributed by atoms with Gasteiger partial charge in [0, 0.05) is 12.2 Å². The molecule has 2 heterocycles. The maximum absolute atomic E-state index is 13.0. The van der Waals surface area contributed by atoms with Crippen LogP contribution in [0.3, 0.4) is 0 Å². The molecule has 1 N–H and O–H groups in total. The number of halogens is 2. The van der Waals surface area contributed by atoms with Crippen molar-refractivity contribution in [2.45, 2.75) is 46.3 Å². The summed E-state index contributed by atoms with van der Waals surface area (Å²) in [6, 6.07) is 2.52. The van der Waals surface area contributed by atoms with Crippen molar-refractivity contribution in [2.24, 2.45) is 0 Å². The molecule has 0 aliphatic carbocycles. The van der Waals surface area contributed by atoms with Crippen molar-refractivity contribution in [3.8, 4) is 0 Å². The SMILES string of the molecule is CC[C@@H](NC(=O)c1ccc(C)n1C(F)F)c1ncnn1CC. The lowest BCUT2D eigenvalue weighted by Gasteiger charge is -2.18. The molecule has 2 aromatic heterocycles. The van der Waals surface area contributed by atoms with E-state index in [1.54, 1.807) is 4.68 Å². The third-order valence-corrected chi connectivity index (χ3v) is 3.52. The highest BCUT2D eigenvalue weighted by molar-refractivity contribution is 5.93. The minimum absolute atomic E-state index is 0.0616. The zero-order chi connectivity index (χ0) is 16.3. The molecule has 0 radical (unpaired) electrons. The Labute approximate surface area is 127 Å². The van der Waals surface area contributed by atoms with E-state index in [1.807, 2.05) is 13.8 Å². The lowest BCUT2D eigenvalue weighted by molar-refractivity contribution is 0.0613. The number of carbonyl (C=O) groups is 1. The lowest BCUT2D eigenvalue weighted by Crippen LogP contribution is -2.32. The van der Waals surface area contributed by atoms with Crippen molar-refractivity contribution in [1.29, 1.82) is 0 Å². The molecule has 0 saturated heterocycles. The highest BCUT2D eigenvalue weighted by atomic mass is 19.3. The second-order valence-electron chi connectivity index (χ2n) is 4.88. The Morgan fingerprint density at radius 1 is 1.36 bits per heavy atom. The number of aromatic nitrogens is 4. The zero-order valence-corrected chi connectivity index (χ0v) is 12.8. The van der Waals surface area contributed by atoms with Gasteiger partial charge in [-0.25, -0.2) is 9.67 Å². The highest BCUT2D eigenvalue weighted by Crippen LogP contribution is 2.20. The standard InChI is InChI=1S/C14H19F2N5O/c1-4-10(12-17-8-18-20(12)5-2)19-13(22)11-7-6-9(3)21(11)14(15)16/h6-8,10,14H,4-5H2,1-3H3,(H,19,22)/t10-/m1/s1. The molecular weight excluding hydrogens is 292 g/mol. The Balaban J connectivity index is 2.24. The van der Waals surface area contributed by atoms with Crippen LogP contribution in [-0.4, -0.2) is 25.2 Å². The van der Waals surface area contributed by atoms with Crippen LogP contribution in [0.1, 0.15) is 54.9 Å². The first-order chi connectivity index (χ1) is 10.5. The molecule has 2 rings (SSSR count). The third kappa shape index (κ3) is 3.00. The van der Waals surface area contributed by atoms with Crippen LogP contribution in [0, 0.1) is 6.92 Å². The highest BCUT2D eigenvalue weighted by Gasteiger charge is 2.23. The van der Waals surface area contributed by atoms with Gasteiger partial charge in [-0.15, -0.1) is 0 Å². The molecule has 120 valence electrons. The van der Waals surface area contributed by atoms with E-state index in [4.69, 9.17) is 0 Å². The first kappa shape index (κ1) is 16.1. The zero-order valence-electron chi connectivity index (χ0n) is 12.8. The van der Waals surface area contributed by atoms with E-state index in [-0.39, 0.29) is 11.7 Å². The number of amides is 1. The molecule has 0 aromatic carbocycles. The fraction of sp³-hybridized carbons (Fsp3) is 0.500. The average Bonchev–Trinajstić information content (AvgIpc) is 3.10. The number of alkyl halides is 2. The van der Waals surface area contributed by atoms with Crippen molar-refractivity contribution >= 4 is 5.91 Å². The van der Waals surface area contributed by atoms with Crippen molar-refractivity contribution in [3.63, 3.8) is 0 Å². The van der Waals surface area contributed by atoms with Gasteiger partial charge < -0.3 is 5.32 Å². The normalized spacial score (nSPS) is 12.6. The molecule has 6 nitrogen and oxygen atoms in total. The Morgan fingerprint density at radius 2 is 2.09 bits per heavy atom. The summed E-state index contributed by atoms with van der Waals surface area (Å²) >= 11 is 0. The first-order valence-corrected chi connectivity index (χ1v) is 7.14. The van der Waals surface area contributed by atoms with Gasteiger partial charge in [-0.2, -0.15) is 13.9 Å². The van der Waals surface area contributed by atoms with Gasteiger partial charge in [-0.1, -0.05) is 6.92 Å². The summed E-state index contributed by atoms with van der Waals surface area (Å²) in [7, 11) is 0. The Kier molecular flexibility index (Phi) is 4.89. The fourth-order valence-electron chi connectivity index (χ4n) is 2.36. The van der Waals surface area contributed by atoms with E-state index in [0.717, 1.165) is 0 Å². The minimum atomic E-state index is -2.75. The molecule has 0 aliphatic rings. The molecule has 22 heavy (non-hydrogen) atoms. The fourth-order valence-corrected chi connectivity index (χ4v) is 2.36. The van der Waals surface area contributed by atoms with Crippen LogP contribution < -0.4 is 5.32 Å². The summed E-state index contributed by atoms with van der Waals surface area (Å²) in [4.78, 5) is 16.5. The van der Waals surface area contributed by atoms with Crippen LogP contribution in [0.4, 0.5) is 8.78 Å². The molecule has 0 unspecified atom stereocenters. The van der Waals surface area contributed by atoms with E-state index in [9.17, 15) is 13.6 Å². The molecule has 0 spiro atoms. The molecule has 0 aliphatic heterocycles. The largest absolute Gasteiger partial charge is 0.341 e. The molecule has 1 atom stereocenters. The predicted molar refractivity (Wildman–Crippen MR) is 76.6 cm³/mol. The molecule has 2 aromatic rings. The maximum atomic E-state index is 13.0. The van der Waals surface area contributed by atoms with Gasteiger partial charge in [-0.05, 0) is 32.4 Å². The molecule has 8 heteroatoms.